The predicted octanol–water partition coefficient (Wildman–Crippen LogP) is 1.08. The molecule has 0 heterocycles. The lowest BCUT2D eigenvalue weighted by molar-refractivity contribution is -0.116. The molecular weight excluding hydrogens is 260 g/mol. The van der Waals surface area contributed by atoms with Gasteiger partial charge in [-0.05, 0) is 18.6 Å². The van der Waals surface area contributed by atoms with E-state index in [9.17, 15) is 9.59 Å². The Morgan fingerprint density at radius 1 is 1.20 bits per heavy atom. The van der Waals surface area contributed by atoms with Crippen molar-refractivity contribution in [2.75, 3.05) is 19.7 Å². The molecule has 6 heteroatoms. The number of aliphatic hydroxyl groups is 1. The smallest absolute Gasteiger partial charge is 0.404 e. The zero-order valence-corrected chi connectivity index (χ0v) is 11.4. The van der Waals surface area contributed by atoms with Crippen LogP contribution in [0.15, 0.2) is 36.4 Å². The van der Waals surface area contributed by atoms with Crippen LogP contribution in [0.5, 0.6) is 0 Å². The SMILES string of the molecule is CCNC(=O)O.O=C(/C=C/c1ccccc1)NCCO. The summed E-state index contributed by atoms with van der Waals surface area (Å²) >= 11 is 0. The van der Waals surface area contributed by atoms with Crippen LogP contribution in [-0.2, 0) is 4.79 Å². The van der Waals surface area contributed by atoms with Crippen molar-refractivity contribution in [1.29, 1.82) is 0 Å². The molecule has 0 unspecified atom stereocenters. The summed E-state index contributed by atoms with van der Waals surface area (Å²) in [6.07, 6.45) is 2.22. The fourth-order valence-electron chi connectivity index (χ4n) is 1.13. The van der Waals surface area contributed by atoms with Crippen LogP contribution in [0.3, 0.4) is 0 Å². The van der Waals surface area contributed by atoms with Gasteiger partial charge in [-0.3, -0.25) is 4.79 Å². The molecule has 1 aromatic rings. The van der Waals surface area contributed by atoms with Crippen molar-refractivity contribution >= 4 is 18.1 Å². The fourth-order valence-corrected chi connectivity index (χ4v) is 1.13. The van der Waals surface area contributed by atoms with E-state index in [2.05, 4.69) is 10.6 Å². The van der Waals surface area contributed by atoms with Gasteiger partial charge in [0.1, 0.15) is 0 Å². The first-order chi connectivity index (χ1) is 9.60. The van der Waals surface area contributed by atoms with E-state index in [0.717, 1.165) is 5.56 Å². The third-order valence-corrected chi connectivity index (χ3v) is 1.97. The predicted molar refractivity (Wildman–Crippen MR) is 77.3 cm³/mol. The van der Waals surface area contributed by atoms with Gasteiger partial charge in [0.2, 0.25) is 5.91 Å². The maximum Gasteiger partial charge on any atom is 0.404 e. The maximum atomic E-state index is 11.1. The van der Waals surface area contributed by atoms with Crippen LogP contribution in [0.25, 0.3) is 6.08 Å². The number of carbonyl (C=O) groups excluding carboxylic acids is 1. The second-order valence-corrected chi connectivity index (χ2v) is 3.59. The monoisotopic (exact) mass is 280 g/mol. The Balaban J connectivity index is 0.000000511. The molecule has 0 spiro atoms. The van der Waals surface area contributed by atoms with Gasteiger partial charge in [0.05, 0.1) is 6.61 Å². The Morgan fingerprint density at radius 3 is 2.30 bits per heavy atom. The average molecular weight is 280 g/mol. The highest BCUT2D eigenvalue weighted by atomic mass is 16.4. The summed E-state index contributed by atoms with van der Waals surface area (Å²) in [5, 5.41) is 20.9. The number of aliphatic hydroxyl groups excluding tert-OH is 1. The lowest BCUT2D eigenvalue weighted by Gasteiger charge is -1.96. The van der Waals surface area contributed by atoms with Crippen LogP contribution in [0, 0.1) is 0 Å². The number of carbonyl (C=O) groups is 2. The van der Waals surface area contributed by atoms with E-state index in [1.807, 2.05) is 30.3 Å². The van der Waals surface area contributed by atoms with Gasteiger partial charge >= 0.3 is 6.09 Å². The highest BCUT2D eigenvalue weighted by molar-refractivity contribution is 5.91. The van der Waals surface area contributed by atoms with Crippen LogP contribution < -0.4 is 10.6 Å². The zero-order chi connectivity index (χ0) is 15.2. The average Bonchev–Trinajstić information content (AvgIpc) is 2.44. The number of hydrogen-bond donors (Lipinski definition) is 4. The van der Waals surface area contributed by atoms with Gasteiger partial charge in [-0.2, -0.15) is 0 Å². The van der Waals surface area contributed by atoms with Gasteiger partial charge < -0.3 is 20.8 Å². The molecule has 0 saturated carbocycles. The molecule has 4 N–H and O–H groups in total. The topological polar surface area (TPSA) is 98.7 Å². The highest BCUT2D eigenvalue weighted by Crippen LogP contribution is 2.00. The van der Waals surface area contributed by atoms with Gasteiger partial charge in [-0.1, -0.05) is 30.3 Å². The van der Waals surface area contributed by atoms with Crippen LogP contribution in [0.4, 0.5) is 4.79 Å². The first kappa shape index (κ1) is 17.7. The zero-order valence-electron chi connectivity index (χ0n) is 11.4. The fraction of sp³-hybridized carbons (Fsp3) is 0.286. The van der Waals surface area contributed by atoms with Gasteiger partial charge in [0, 0.05) is 19.2 Å². The Morgan fingerprint density at radius 2 is 1.85 bits per heavy atom. The lowest BCUT2D eigenvalue weighted by atomic mass is 10.2. The van der Waals surface area contributed by atoms with Gasteiger partial charge in [-0.25, -0.2) is 4.79 Å². The summed E-state index contributed by atoms with van der Waals surface area (Å²) in [7, 11) is 0. The van der Waals surface area contributed by atoms with Crippen LogP contribution >= 0.6 is 0 Å². The molecule has 0 aliphatic rings. The second-order valence-electron chi connectivity index (χ2n) is 3.59. The minimum absolute atomic E-state index is 0.0368. The summed E-state index contributed by atoms with van der Waals surface area (Å²) in [5.74, 6) is -0.192. The molecule has 0 fully saturated rings. The summed E-state index contributed by atoms with van der Waals surface area (Å²) < 4.78 is 0. The third-order valence-electron chi connectivity index (χ3n) is 1.97. The lowest BCUT2D eigenvalue weighted by Crippen LogP contribution is -2.24. The molecule has 0 aromatic heterocycles. The van der Waals surface area contributed by atoms with Crippen molar-refractivity contribution in [2.45, 2.75) is 6.92 Å². The summed E-state index contributed by atoms with van der Waals surface area (Å²) in [4.78, 5) is 20.6. The standard InChI is InChI=1S/C11H13NO2.C3H7NO2/c13-9-8-12-11(14)7-6-10-4-2-1-3-5-10;1-2-4-3(5)6/h1-7,13H,8-9H2,(H,12,14);4H,2H2,1H3,(H,5,6)/b7-6+;. The van der Waals surface area contributed by atoms with Crippen LogP contribution in [0.1, 0.15) is 12.5 Å². The molecule has 0 aliphatic heterocycles. The molecule has 2 amide bonds. The maximum absolute atomic E-state index is 11.1. The first-order valence-corrected chi connectivity index (χ1v) is 6.18. The normalized spacial score (nSPS) is 9.50. The van der Waals surface area contributed by atoms with Gasteiger partial charge in [0.25, 0.3) is 0 Å². The molecule has 0 aliphatic carbocycles. The molecule has 0 bridgehead atoms. The Kier molecular flexibility index (Phi) is 10.4. The van der Waals surface area contributed by atoms with Crippen molar-refractivity contribution in [3.63, 3.8) is 0 Å². The van der Waals surface area contributed by atoms with Crippen molar-refractivity contribution < 1.29 is 19.8 Å². The van der Waals surface area contributed by atoms with Gasteiger partial charge in [0.15, 0.2) is 0 Å². The summed E-state index contributed by atoms with van der Waals surface area (Å²) in [5.41, 5.74) is 0.978. The number of nitrogens with one attached hydrogen (secondary N) is 2. The Labute approximate surface area is 118 Å². The number of benzene rings is 1. The molecular formula is C14H20N2O4. The molecule has 0 atom stereocenters. The molecule has 6 nitrogen and oxygen atoms in total. The third kappa shape index (κ3) is 10.8. The summed E-state index contributed by atoms with van der Waals surface area (Å²) in [6.45, 7) is 2.46. The molecule has 0 saturated heterocycles. The Bertz CT molecular complexity index is 418. The van der Waals surface area contributed by atoms with Crippen LogP contribution in [0.2, 0.25) is 0 Å². The van der Waals surface area contributed by atoms with E-state index in [1.165, 1.54) is 6.08 Å². The minimum Gasteiger partial charge on any atom is -0.465 e. The Hall–Kier alpha value is -2.34. The quantitative estimate of drug-likeness (QED) is 0.607. The van der Waals surface area contributed by atoms with Crippen molar-refractivity contribution in [3.8, 4) is 0 Å². The number of hydrogen-bond acceptors (Lipinski definition) is 3. The van der Waals surface area contributed by atoms with E-state index < -0.39 is 6.09 Å². The summed E-state index contributed by atoms with van der Waals surface area (Å²) in [6, 6.07) is 9.56. The number of amides is 2. The largest absolute Gasteiger partial charge is 0.465 e. The van der Waals surface area contributed by atoms with Gasteiger partial charge in [-0.15, -0.1) is 0 Å². The van der Waals surface area contributed by atoms with Crippen molar-refractivity contribution in [3.05, 3.63) is 42.0 Å². The highest BCUT2D eigenvalue weighted by Gasteiger charge is 1.92. The molecule has 20 heavy (non-hydrogen) atoms. The molecule has 1 rings (SSSR count). The number of rotatable bonds is 5. The molecule has 110 valence electrons. The van der Waals surface area contributed by atoms with E-state index in [-0.39, 0.29) is 19.1 Å². The van der Waals surface area contributed by atoms with Crippen molar-refractivity contribution in [2.24, 2.45) is 0 Å². The first-order valence-electron chi connectivity index (χ1n) is 6.18. The van der Waals surface area contributed by atoms with E-state index in [0.29, 0.717) is 6.54 Å². The van der Waals surface area contributed by atoms with E-state index in [4.69, 9.17) is 10.2 Å². The van der Waals surface area contributed by atoms with Crippen LogP contribution in [-0.4, -0.2) is 41.9 Å². The second kappa shape index (κ2) is 11.7. The number of carboxylic acid groups (broad SMARTS) is 1. The molecule has 0 radical (unpaired) electrons. The molecule has 1 aromatic carbocycles. The van der Waals surface area contributed by atoms with Crippen molar-refractivity contribution in [1.82, 2.24) is 10.6 Å². The van der Waals surface area contributed by atoms with E-state index >= 15 is 0 Å². The minimum atomic E-state index is -0.961. The van der Waals surface area contributed by atoms with E-state index in [1.54, 1.807) is 13.0 Å².